The number of rotatable bonds is 24. The molecule has 17 N–H and O–H groups in total. The standard InChI is InChI=1S/C93H132FN21O19S3/c1-11-12-13-14-15-26-76(118)101-71-51-137-39-35-80(122)115-53-113-52-114(54-115)79(121)34-38-136-50-70(82(96)125)108-87(130)66(40-56-27-29-60(94)30-28-56)100-77(119)46-99-85(128)63(23-20-36-98-92(97)109(6)7)102-88(131)68(42-58-48-111(9)73-25-19-17-22-62(58)73)106-84(127)59(49-135-37-33-78(113)120)43-74(116)65(44-81(123)124)104-86(129)64(31-32-75(95)117)103-90(133)69(45-93(3,4)5)107-89(132)67(105-83(126)55(2)112(10)91(71)134)41-57-47-110(8)72-24-18-16-21-61(57)72/h16-19,21-22,24-25,27-30,47-48,55,59,63-71H,11-15,20,23,26,31-46,49-54H2,1-10H3,(H2,95,117)(H2,96,125)(H2,97,98)(H,99,128)(H,100,119)(H,101,118)(H,102,131)(H,103,133)(H,104,129)(H,105,126)(H,106,127)(H,107,132)(H,108,130)(H,123,124)/t55-,59-,63-,64-,65+,66-,67-,68-,69-,70-,71-/m0/s1. The number of guanidine groups is 1. The Morgan fingerprint density at radius 1 is 0.555 bits per heavy atom. The Labute approximate surface area is 808 Å². The fraction of sp³-hybridized carbons (Fsp3) is 0.559. The molecule has 16 amide bonds. The van der Waals surface area contributed by atoms with E-state index in [1.54, 1.807) is 96.3 Å². The number of benzene rings is 3. The van der Waals surface area contributed by atoms with Crippen molar-refractivity contribution in [1.82, 2.24) is 92.1 Å². The number of likely N-dealkylation sites (N-methyl/N-ethyl adjacent to an activating group) is 1. The number of carbonyl (C=O) groups excluding carboxylic acids is 17. The first-order valence-electron chi connectivity index (χ1n) is 45.9. The van der Waals surface area contributed by atoms with E-state index >= 15 is 38.4 Å². The first kappa shape index (κ1) is 110. The molecule has 748 valence electrons. The number of primary amides is 2. The minimum Gasteiger partial charge on any atom is -0.481 e. The van der Waals surface area contributed by atoms with Gasteiger partial charge in [0, 0.05) is 168 Å². The number of unbranched alkanes of at least 4 members (excludes halogenated alkanes) is 4. The summed E-state index contributed by atoms with van der Waals surface area (Å²) in [6.07, 6.45) is 2.04. The molecular weight excluding hydrogens is 1830 g/mol. The number of aryl methyl sites for hydroxylation is 2. The highest BCUT2D eigenvalue weighted by atomic mass is 32.2. The Morgan fingerprint density at radius 3 is 1.57 bits per heavy atom. The zero-order valence-electron chi connectivity index (χ0n) is 79.3. The van der Waals surface area contributed by atoms with Gasteiger partial charge in [-0.25, -0.2) is 4.39 Å². The normalized spacial score (nSPS) is 22.8. The summed E-state index contributed by atoms with van der Waals surface area (Å²) < 4.78 is 17.9. The summed E-state index contributed by atoms with van der Waals surface area (Å²) in [5.41, 5.74) is 13.6. The molecule has 5 aromatic rings. The molecule has 44 heteroatoms. The van der Waals surface area contributed by atoms with E-state index in [-0.39, 0.29) is 119 Å². The molecule has 5 heterocycles. The Hall–Kier alpha value is -12.4. The lowest BCUT2D eigenvalue weighted by Crippen LogP contribution is -2.60. The molecule has 3 aliphatic rings. The lowest BCUT2D eigenvalue weighted by molar-refractivity contribution is -0.158. The number of fused-ring (bicyclic) bond motifs is 9. The van der Waals surface area contributed by atoms with Gasteiger partial charge in [-0.1, -0.05) is 102 Å². The number of hydrogen-bond acceptors (Lipinski definition) is 22. The van der Waals surface area contributed by atoms with E-state index in [0.29, 0.717) is 39.4 Å². The van der Waals surface area contributed by atoms with Gasteiger partial charge in [-0.05, 0) is 85.4 Å². The van der Waals surface area contributed by atoms with E-state index in [9.17, 15) is 57.4 Å². The second kappa shape index (κ2) is 53.4. The maximum Gasteiger partial charge on any atom is 0.305 e. The van der Waals surface area contributed by atoms with Crippen LogP contribution < -0.4 is 70.0 Å². The molecule has 0 saturated carbocycles. The van der Waals surface area contributed by atoms with Crippen molar-refractivity contribution in [2.75, 3.05) is 88.8 Å². The highest BCUT2D eigenvalue weighted by Gasteiger charge is 2.41. The van der Waals surface area contributed by atoms with Gasteiger partial charge in [0.05, 0.1) is 44.9 Å². The van der Waals surface area contributed by atoms with E-state index in [4.69, 9.17) is 16.9 Å². The third kappa shape index (κ3) is 34.7. The number of thioether (sulfide) groups is 3. The molecule has 3 saturated heterocycles. The van der Waals surface area contributed by atoms with Gasteiger partial charge in [0.2, 0.25) is 94.5 Å². The highest BCUT2D eigenvalue weighted by Crippen LogP contribution is 2.28. The van der Waals surface area contributed by atoms with E-state index in [2.05, 4.69) is 58.5 Å². The number of halogens is 1. The minimum atomic E-state index is -2.06. The van der Waals surface area contributed by atoms with E-state index in [0.717, 1.165) is 83.5 Å². The third-order valence-electron chi connectivity index (χ3n) is 23.7. The van der Waals surface area contributed by atoms with Crippen LogP contribution in [0, 0.1) is 22.6 Å². The van der Waals surface area contributed by atoms with Crippen LogP contribution in [0.25, 0.3) is 21.8 Å². The Morgan fingerprint density at radius 2 is 1.04 bits per heavy atom. The molecule has 137 heavy (non-hydrogen) atoms. The van der Waals surface area contributed by atoms with Crippen LogP contribution in [0.15, 0.2) is 85.2 Å². The number of carboxylic acids is 1. The molecular formula is C93H132FN21O19S3. The van der Waals surface area contributed by atoms with Gasteiger partial charge in [0.15, 0.2) is 11.7 Å². The SMILES string of the molecule is CCCCCCCC(=O)N[C@H]1CSCCC(=O)N2CN3CN(C2)C(=O)CCSC[C@@H](C(N)=O)NC(=O)[C@H](Cc2ccc(F)cc2)NC(=O)CNC(=O)[C@H](CCCNC(=N)N(C)C)NC(=O)[C@H](Cc2cn(C)c4ccccc24)NC(=O)[C@H](CSCCC3=O)CC(=O)[C@@H](CC(=O)O)NC(=O)[C@H](CCC(N)=O)NC(=O)[C@H](CC(C)(C)C)NC(=O)[C@H](Cc2cn(C)c3ccccc23)NC(=O)[C@H](C)N(C)C1=O. The van der Waals surface area contributed by atoms with Gasteiger partial charge in [0.1, 0.15) is 60.2 Å². The quantitative estimate of drug-likeness (QED) is 0.0236. The van der Waals surface area contributed by atoms with Crippen molar-refractivity contribution < 1.29 is 95.8 Å². The zero-order valence-corrected chi connectivity index (χ0v) is 81.8. The molecule has 2 aromatic heterocycles. The number of aliphatic carboxylic acids is 1. The number of hydrogen-bond donors (Lipinski definition) is 15. The van der Waals surface area contributed by atoms with Crippen molar-refractivity contribution in [2.24, 2.45) is 36.9 Å². The van der Waals surface area contributed by atoms with Gasteiger partial charge in [-0.15, -0.1) is 0 Å². The predicted octanol–water partition coefficient (Wildman–Crippen LogP) is 1.40. The number of para-hydroxylation sites is 2. The van der Waals surface area contributed by atoms with Gasteiger partial charge in [-0.3, -0.25) is 91.7 Å². The molecule has 3 aromatic carbocycles. The monoisotopic (exact) mass is 1960 g/mol. The van der Waals surface area contributed by atoms with E-state index in [1.807, 2.05) is 29.7 Å². The van der Waals surface area contributed by atoms with Crippen molar-refractivity contribution in [1.29, 1.82) is 5.41 Å². The lowest BCUT2D eigenvalue weighted by atomic mass is 9.87. The first-order chi connectivity index (χ1) is 65.0. The van der Waals surface area contributed by atoms with Gasteiger partial charge >= 0.3 is 5.97 Å². The number of amides is 16. The van der Waals surface area contributed by atoms with E-state index in [1.165, 1.54) is 45.7 Å². The number of aromatic nitrogens is 2. The van der Waals surface area contributed by atoms with Gasteiger partial charge < -0.3 is 109 Å². The van der Waals surface area contributed by atoms with Crippen LogP contribution in [0.5, 0.6) is 0 Å². The lowest BCUT2D eigenvalue weighted by Gasteiger charge is -2.42. The Balaban J connectivity index is 1.25. The summed E-state index contributed by atoms with van der Waals surface area (Å²) in [7, 11) is 8.07. The Kier molecular flexibility index (Phi) is 42.9. The van der Waals surface area contributed by atoms with Crippen molar-refractivity contribution in [3.63, 3.8) is 0 Å². The molecule has 0 spiro atoms. The summed E-state index contributed by atoms with van der Waals surface area (Å²) in [6, 6.07) is 3.25. The van der Waals surface area contributed by atoms with Gasteiger partial charge in [0.25, 0.3) is 0 Å². The van der Waals surface area contributed by atoms with Crippen molar-refractivity contribution in [2.45, 2.75) is 217 Å². The number of nitrogens with one attached hydrogen (secondary N) is 12. The molecule has 3 aliphatic heterocycles. The largest absolute Gasteiger partial charge is 0.481 e. The van der Waals surface area contributed by atoms with Crippen LogP contribution in [-0.4, -0.2) is 300 Å². The number of nitrogens with zero attached hydrogens (tertiary/aromatic N) is 7. The fourth-order valence-corrected chi connectivity index (χ4v) is 18.8. The second-order valence-electron chi connectivity index (χ2n) is 36.1. The van der Waals surface area contributed by atoms with Crippen LogP contribution in [-0.2, 0) is 120 Å². The number of nitrogens with two attached hydrogens (primary N) is 2. The van der Waals surface area contributed by atoms with Gasteiger partial charge in [-0.2, -0.15) is 35.3 Å². The predicted molar refractivity (Wildman–Crippen MR) is 516 cm³/mol. The van der Waals surface area contributed by atoms with Crippen molar-refractivity contribution >= 4 is 169 Å². The topological polar surface area (TPSA) is 562 Å². The van der Waals surface area contributed by atoms with Crippen LogP contribution in [0.4, 0.5) is 4.39 Å². The molecule has 8 rings (SSSR count). The Bertz CT molecular complexity index is 5170. The van der Waals surface area contributed by atoms with Crippen LogP contribution >= 0.6 is 35.3 Å². The maximum absolute atomic E-state index is 15.8. The summed E-state index contributed by atoms with van der Waals surface area (Å²) in [6.45, 7) is 6.74. The molecule has 0 radical (unpaired) electrons. The van der Waals surface area contributed by atoms with Crippen LogP contribution in [0.3, 0.4) is 0 Å². The van der Waals surface area contributed by atoms with Crippen LogP contribution in [0.2, 0.25) is 0 Å². The molecule has 11 atom stereocenters. The fourth-order valence-electron chi connectivity index (χ4n) is 15.9. The van der Waals surface area contributed by atoms with Crippen molar-refractivity contribution in [3.05, 3.63) is 108 Å². The number of carbonyl (C=O) groups is 18. The zero-order chi connectivity index (χ0) is 100. The summed E-state index contributed by atoms with van der Waals surface area (Å²) in [4.78, 5) is 270. The second-order valence-corrected chi connectivity index (χ2v) is 39.6. The number of carboxylic acid groups (broad SMARTS) is 1. The highest BCUT2D eigenvalue weighted by molar-refractivity contribution is 7.99. The number of Topliss-reactive ketones (excluding diaryl/α,β-unsaturated/α-hetero) is 1. The average Bonchev–Trinajstić information content (AvgIpc) is 1.66. The maximum atomic E-state index is 15.8. The summed E-state index contributed by atoms with van der Waals surface area (Å²) in [5, 5.41) is 49.8. The molecule has 0 aliphatic carbocycles. The van der Waals surface area contributed by atoms with E-state index < -0.39 is 228 Å². The van der Waals surface area contributed by atoms with Crippen molar-refractivity contribution in [3.8, 4) is 0 Å². The average molecular weight is 1960 g/mol. The molecule has 0 unspecified atom stereocenters. The molecule has 3 fully saturated rings. The molecule has 4 bridgehead atoms. The van der Waals surface area contributed by atoms with Crippen LogP contribution in [0.1, 0.15) is 154 Å². The first-order valence-corrected chi connectivity index (χ1v) is 49.4. The molecule has 40 nitrogen and oxygen atoms in total. The summed E-state index contributed by atoms with van der Waals surface area (Å²) in [5.74, 6) is -20.1. The third-order valence-corrected chi connectivity index (χ3v) is 26.9. The number of ketones is 1. The smallest absolute Gasteiger partial charge is 0.305 e. The summed E-state index contributed by atoms with van der Waals surface area (Å²) >= 11 is 3.06. The minimum absolute atomic E-state index is 0.0132.